The molecule has 0 aliphatic carbocycles. The number of amides is 1. The molecule has 1 aromatic rings. The van der Waals surface area contributed by atoms with E-state index in [2.05, 4.69) is 0 Å². The van der Waals surface area contributed by atoms with Gasteiger partial charge in [-0.2, -0.15) is 0 Å². The predicted molar refractivity (Wildman–Crippen MR) is 78.9 cm³/mol. The van der Waals surface area contributed by atoms with Crippen LogP contribution in [0.15, 0.2) is 30.3 Å². The summed E-state index contributed by atoms with van der Waals surface area (Å²) < 4.78 is 11.0. The van der Waals surface area contributed by atoms with Gasteiger partial charge in [0.2, 0.25) is 0 Å². The quantitative estimate of drug-likeness (QED) is 0.924. The molecule has 0 radical (unpaired) electrons. The molecule has 1 N–H and O–H groups in total. The van der Waals surface area contributed by atoms with Crippen molar-refractivity contribution < 1.29 is 19.4 Å². The molecule has 0 saturated carbocycles. The van der Waals surface area contributed by atoms with Crippen LogP contribution in [-0.2, 0) is 16.1 Å². The van der Waals surface area contributed by atoms with E-state index in [0.717, 1.165) is 5.56 Å². The first-order chi connectivity index (χ1) is 9.98. The Kier molecular flexibility index (Phi) is 5.20. The van der Waals surface area contributed by atoms with Gasteiger partial charge in [0, 0.05) is 13.0 Å². The minimum absolute atomic E-state index is 0.268. The molecule has 0 aromatic heterocycles. The molecular formula is C16H23NO4. The van der Waals surface area contributed by atoms with Crippen molar-refractivity contribution in [1.29, 1.82) is 0 Å². The number of aliphatic hydroxyl groups is 1. The Bertz CT molecular complexity index is 463. The van der Waals surface area contributed by atoms with Crippen LogP contribution >= 0.6 is 0 Å². The Balaban J connectivity index is 1.87. The lowest BCUT2D eigenvalue weighted by atomic mass is 9.97. The van der Waals surface area contributed by atoms with E-state index in [1.807, 2.05) is 37.3 Å². The molecule has 21 heavy (non-hydrogen) atoms. The highest BCUT2D eigenvalue weighted by atomic mass is 16.6. The molecule has 116 valence electrons. The monoisotopic (exact) mass is 293 g/mol. The molecule has 0 bridgehead atoms. The summed E-state index contributed by atoms with van der Waals surface area (Å²) >= 11 is 0. The average molecular weight is 293 g/mol. The smallest absolute Gasteiger partial charge is 0.410 e. The summed E-state index contributed by atoms with van der Waals surface area (Å²) in [6.07, 6.45) is -0.301. The zero-order valence-electron chi connectivity index (χ0n) is 12.6. The van der Waals surface area contributed by atoms with Gasteiger partial charge in [-0.1, -0.05) is 30.3 Å². The second-order valence-corrected chi connectivity index (χ2v) is 5.81. The Morgan fingerprint density at radius 2 is 2.19 bits per heavy atom. The number of benzene rings is 1. The summed E-state index contributed by atoms with van der Waals surface area (Å²) in [4.78, 5) is 13.8. The number of morpholine rings is 1. The van der Waals surface area contributed by atoms with Gasteiger partial charge in [-0.3, -0.25) is 0 Å². The fraction of sp³-hybridized carbons (Fsp3) is 0.562. The van der Waals surface area contributed by atoms with Gasteiger partial charge in [-0.05, 0) is 19.4 Å². The molecule has 1 heterocycles. The van der Waals surface area contributed by atoms with Crippen LogP contribution in [0.25, 0.3) is 0 Å². The van der Waals surface area contributed by atoms with Gasteiger partial charge in [0.25, 0.3) is 0 Å². The topological polar surface area (TPSA) is 59.0 Å². The van der Waals surface area contributed by atoms with Gasteiger partial charge in [-0.15, -0.1) is 0 Å². The fourth-order valence-corrected chi connectivity index (χ4v) is 2.65. The third kappa shape index (κ3) is 4.72. The fourth-order valence-electron chi connectivity index (χ4n) is 2.65. The average Bonchev–Trinajstić information content (AvgIpc) is 2.44. The molecule has 1 saturated heterocycles. The molecule has 1 aliphatic rings. The first-order valence-electron chi connectivity index (χ1n) is 7.26. The maximum Gasteiger partial charge on any atom is 0.410 e. The highest BCUT2D eigenvalue weighted by molar-refractivity contribution is 5.67. The first-order valence-corrected chi connectivity index (χ1v) is 7.26. The second-order valence-electron chi connectivity index (χ2n) is 5.81. The lowest BCUT2D eigenvalue weighted by molar-refractivity contribution is -0.110. The molecule has 2 atom stereocenters. The summed E-state index contributed by atoms with van der Waals surface area (Å²) in [7, 11) is 0. The van der Waals surface area contributed by atoms with Gasteiger partial charge in [0.05, 0.1) is 24.9 Å². The standard InChI is InChI=1S/C16H23NO4/c1-13(18)10-16(2)12-17(8-9-21-16)15(19)20-11-14-6-4-3-5-7-14/h3-7,13,18H,8-12H2,1-2H3. The van der Waals surface area contributed by atoms with Crippen molar-refractivity contribution in [2.24, 2.45) is 0 Å². The zero-order valence-corrected chi connectivity index (χ0v) is 12.6. The van der Waals surface area contributed by atoms with Crippen LogP contribution in [0.4, 0.5) is 4.79 Å². The van der Waals surface area contributed by atoms with Crippen LogP contribution in [0.3, 0.4) is 0 Å². The molecule has 0 spiro atoms. The van der Waals surface area contributed by atoms with Crippen LogP contribution in [-0.4, -0.2) is 47.5 Å². The molecule has 2 unspecified atom stereocenters. The van der Waals surface area contributed by atoms with E-state index in [9.17, 15) is 9.90 Å². The van der Waals surface area contributed by atoms with E-state index in [0.29, 0.717) is 26.1 Å². The SMILES string of the molecule is CC(O)CC1(C)CN(C(=O)OCc2ccccc2)CCO1. The molecule has 2 rings (SSSR count). The molecule has 5 heteroatoms. The van der Waals surface area contributed by atoms with Crippen molar-refractivity contribution in [1.82, 2.24) is 4.90 Å². The highest BCUT2D eigenvalue weighted by Gasteiger charge is 2.35. The lowest BCUT2D eigenvalue weighted by Crippen LogP contribution is -2.53. The molecule has 1 aliphatic heterocycles. The van der Waals surface area contributed by atoms with Crippen LogP contribution < -0.4 is 0 Å². The first kappa shape index (κ1) is 15.8. The van der Waals surface area contributed by atoms with E-state index in [4.69, 9.17) is 9.47 Å². The maximum absolute atomic E-state index is 12.1. The van der Waals surface area contributed by atoms with E-state index in [-0.39, 0.29) is 12.7 Å². The number of hydrogen-bond acceptors (Lipinski definition) is 4. The second kappa shape index (κ2) is 6.91. The normalized spacial score (nSPS) is 23.7. The van der Waals surface area contributed by atoms with Crippen molar-refractivity contribution in [2.75, 3.05) is 19.7 Å². The van der Waals surface area contributed by atoms with Crippen molar-refractivity contribution in [3.8, 4) is 0 Å². The minimum atomic E-state index is -0.516. The minimum Gasteiger partial charge on any atom is -0.445 e. The third-order valence-electron chi connectivity index (χ3n) is 3.53. The Labute approximate surface area is 125 Å². The van der Waals surface area contributed by atoms with Crippen LogP contribution in [0.5, 0.6) is 0 Å². The van der Waals surface area contributed by atoms with Gasteiger partial charge in [-0.25, -0.2) is 4.79 Å². The molecule has 1 fully saturated rings. The summed E-state index contributed by atoms with van der Waals surface area (Å²) in [5.41, 5.74) is 0.448. The maximum atomic E-state index is 12.1. The summed E-state index contributed by atoms with van der Waals surface area (Å²) in [5.74, 6) is 0. The number of nitrogens with zero attached hydrogens (tertiary/aromatic N) is 1. The number of ether oxygens (including phenoxy) is 2. The van der Waals surface area contributed by atoms with E-state index >= 15 is 0 Å². The van der Waals surface area contributed by atoms with Crippen molar-refractivity contribution in [3.63, 3.8) is 0 Å². The number of carbonyl (C=O) groups excluding carboxylic acids is 1. The Morgan fingerprint density at radius 1 is 1.48 bits per heavy atom. The number of rotatable bonds is 4. The van der Waals surface area contributed by atoms with Crippen LogP contribution in [0.1, 0.15) is 25.8 Å². The molecule has 5 nitrogen and oxygen atoms in total. The zero-order chi connectivity index (χ0) is 15.3. The summed E-state index contributed by atoms with van der Waals surface area (Å²) in [6, 6.07) is 9.60. The summed E-state index contributed by atoms with van der Waals surface area (Å²) in [6.45, 7) is 5.32. The van der Waals surface area contributed by atoms with E-state index < -0.39 is 11.7 Å². The van der Waals surface area contributed by atoms with Gasteiger partial charge >= 0.3 is 6.09 Å². The van der Waals surface area contributed by atoms with Crippen molar-refractivity contribution in [3.05, 3.63) is 35.9 Å². The van der Waals surface area contributed by atoms with E-state index in [1.165, 1.54) is 0 Å². The number of hydrogen-bond donors (Lipinski definition) is 1. The van der Waals surface area contributed by atoms with Crippen LogP contribution in [0, 0.1) is 0 Å². The Hall–Kier alpha value is -1.59. The third-order valence-corrected chi connectivity index (χ3v) is 3.53. The number of aliphatic hydroxyl groups excluding tert-OH is 1. The molecular weight excluding hydrogens is 270 g/mol. The summed E-state index contributed by atoms with van der Waals surface area (Å²) in [5, 5.41) is 9.53. The van der Waals surface area contributed by atoms with E-state index in [1.54, 1.807) is 11.8 Å². The van der Waals surface area contributed by atoms with Gasteiger partial charge in [0.1, 0.15) is 6.61 Å². The van der Waals surface area contributed by atoms with Crippen molar-refractivity contribution in [2.45, 2.75) is 38.6 Å². The van der Waals surface area contributed by atoms with Gasteiger partial charge in [0.15, 0.2) is 0 Å². The predicted octanol–water partition coefficient (Wildman–Crippen LogP) is 2.19. The number of carbonyl (C=O) groups is 1. The molecule has 1 amide bonds. The highest BCUT2D eigenvalue weighted by Crippen LogP contribution is 2.23. The van der Waals surface area contributed by atoms with Gasteiger partial charge < -0.3 is 19.5 Å². The van der Waals surface area contributed by atoms with Crippen LogP contribution in [0.2, 0.25) is 0 Å². The van der Waals surface area contributed by atoms with Crippen molar-refractivity contribution >= 4 is 6.09 Å². The lowest BCUT2D eigenvalue weighted by Gasteiger charge is -2.40. The largest absolute Gasteiger partial charge is 0.445 e. The Morgan fingerprint density at radius 3 is 2.86 bits per heavy atom. The molecule has 1 aromatic carbocycles.